The Morgan fingerprint density at radius 2 is 2.24 bits per heavy atom. The van der Waals surface area contributed by atoms with E-state index >= 15 is 0 Å². The van der Waals surface area contributed by atoms with Crippen LogP contribution >= 0.6 is 11.3 Å². The Balaban J connectivity index is 1.87. The predicted molar refractivity (Wildman–Crippen MR) is 66.3 cm³/mol. The third-order valence-electron chi connectivity index (χ3n) is 2.37. The average Bonchev–Trinajstić information content (AvgIpc) is 2.99. The summed E-state index contributed by atoms with van der Waals surface area (Å²) in [5, 5.41) is 9.39. The van der Waals surface area contributed by atoms with Crippen LogP contribution in [0.5, 0.6) is 0 Å². The maximum atomic E-state index is 11.7. The number of nitrogens with zero attached hydrogens (tertiary/aromatic N) is 1. The van der Waals surface area contributed by atoms with Gasteiger partial charge in [-0.2, -0.15) is 0 Å². The molecule has 0 aliphatic rings. The van der Waals surface area contributed by atoms with Crippen LogP contribution in [0.25, 0.3) is 10.1 Å². The highest BCUT2D eigenvalue weighted by Crippen LogP contribution is 2.24. The van der Waals surface area contributed by atoms with Crippen molar-refractivity contribution in [1.82, 2.24) is 5.16 Å². The number of thiophene rings is 1. The fourth-order valence-corrected chi connectivity index (χ4v) is 2.34. The number of nitrogens with one attached hydrogen (secondary N) is 1. The summed E-state index contributed by atoms with van der Waals surface area (Å²) in [5.74, 6) is -0.0903. The van der Waals surface area contributed by atoms with Gasteiger partial charge in [0.15, 0.2) is 0 Å². The van der Waals surface area contributed by atoms with Crippen molar-refractivity contribution in [3.63, 3.8) is 0 Å². The van der Waals surface area contributed by atoms with Gasteiger partial charge in [-0.3, -0.25) is 4.79 Å². The Labute approximate surface area is 101 Å². The normalized spacial score (nSPS) is 10.6. The zero-order valence-corrected chi connectivity index (χ0v) is 9.53. The molecule has 0 fully saturated rings. The number of fused-ring (bicyclic) bond motifs is 1. The number of amides is 1. The zero-order valence-electron chi connectivity index (χ0n) is 8.71. The van der Waals surface area contributed by atoms with Crippen LogP contribution in [0.1, 0.15) is 10.6 Å². The Morgan fingerprint density at radius 3 is 3.06 bits per heavy atom. The van der Waals surface area contributed by atoms with Gasteiger partial charge in [0.05, 0.1) is 6.20 Å². The van der Waals surface area contributed by atoms with E-state index in [2.05, 4.69) is 10.5 Å². The van der Waals surface area contributed by atoms with Gasteiger partial charge in [-0.25, -0.2) is 0 Å². The molecule has 3 aromatic rings. The lowest BCUT2D eigenvalue weighted by Gasteiger charge is -2.02. The second kappa shape index (κ2) is 4.03. The van der Waals surface area contributed by atoms with Crippen LogP contribution < -0.4 is 5.32 Å². The molecule has 2 aromatic heterocycles. The molecule has 0 saturated carbocycles. The fourth-order valence-electron chi connectivity index (χ4n) is 1.57. The molecule has 17 heavy (non-hydrogen) atoms. The standard InChI is InChI=1S/C12H8N2O2S/c15-12(10-3-5-13-16-10)14-9-1-2-11-8(7-9)4-6-17-11/h1-7H,(H,14,15). The van der Waals surface area contributed by atoms with Gasteiger partial charge < -0.3 is 9.84 Å². The third-order valence-corrected chi connectivity index (χ3v) is 3.27. The molecule has 84 valence electrons. The number of hydrogen-bond donors (Lipinski definition) is 1. The summed E-state index contributed by atoms with van der Waals surface area (Å²) in [7, 11) is 0. The summed E-state index contributed by atoms with van der Waals surface area (Å²) in [6.45, 7) is 0. The minimum atomic E-state index is -0.294. The molecule has 1 amide bonds. The second-order valence-corrected chi connectivity index (χ2v) is 4.45. The van der Waals surface area contributed by atoms with Gasteiger partial charge in [-0.05, 0) is 35.0 Å². The number of carbonyl (C=O) groups excluding carboxylic acids is 1. The molecule has 0 bridgehead atoms. The van der Waals surface area contributed by atoms with E-state index < -0.39 is 0 Å². The number of anilines is 1. The van der Waals surface area contributed by atoms with Gasteiger partial charge in [-0.15, -0.1) is 11.3 Å². The molecule has 0 atom stereocenters. The Hall–Kier alpha value is -2.14. The molecule has 4 nitrogen and oxygen atoms in total. The van der Waals surface area contributed by atoms with E-state index in [1.807, 2.05) is 29.6 Å². The summed E-state index contributed by atoms with van der Waals surface area (Å²) < 4.78 is 5.98. The van der Waals surface area contributed by atoms with Crippen molar-refractivity contribution in [2.45, 2.75) is 0 Å². The zero-order chi connectivity index (χ0) is 11.7. The summed E-state index contributed by atoms with van der Waals surface area (Å²) in [4.78, 5) is 11.7. The molecule has 0 unspecified atom stereocenters. The predicted octanol–water partition coefficient (Wildman–Crippen LogP) is 3.14. The van der Waals surface area contributed by atoms with E-state index in [-0.39, 0.29) is 11.7 Å². The first kappa shape index (κ1) is 10.0. The van der Waals surface area contributed by atoms with E-state index in [4.69, 9.17) is 4.52 Å². The van der Waals surface area contributed by atoms with Crippen LogP contribution in [0.15, 0.2) is 46.4 Å². The summed E-state index contributed by atoms with van der Waals surface area (Å²) >= 11 is 1.67. The smallest absolute Gasteiger partial charge is 0.294 e. The molecule has 1 N–H and O–H groups in total. The Morgan fingerprint density at radius 1 is 1.29 bits per heavy atom. The van der Waals surface area contributed by atoms with E-state index in [9.17, 15) is 4.79 Å². The molecular weight excluding hydrogens is 236 g/mol. The first-order valence-corrected chi connectivity index (χ1v) is 5.90. The molecular formula is C12H8N2O2S. The van der Waals surface area contributed by atoms with Crippen molar-refractivity contribution in [1.29, 1.82) is 0 Å². The molecule has 0 saturated heterocycles. The summed E-state index contributed by atoms with van der Waals surface area (Å²) in [5.41, 5.74) is 0.747. The Kier molecular flexibility index (Phi) is 2.38. The maximum absolute atomic E-state index is 11.7. The van der Waals surface area contributed by atoms with Gasteiger partial charge >= 0.3 is 0 Å². The first-order chi connectivity index (χ1) is 8.33. The van der Waals surface area contributed by atoms with Crippen molar-refractivity contribution >= 4 is 33.0 Å². The van der Waals surface area contributed by atoms with E-state index in [1.165, 1.54) is 17.0 Å². The molecule has 0 spiro atoms. The van der Waals surface area contributed by atoms with Crippen LogP contribution in [-0.4, -0.2) is 11.1 Å². The average molecular weight is 244 g/mol. The summed E-state index contributed by atoms with van der Waals surface area (Å²) in [6, 6.07) is 9.33. The van der Waals surface area contributed by atoms with Gasteiger partial charge in [0, 0.05) is 16.5 Å². The number of benzene rings is 1. The maximum Gasteiger partial charge on any atom is 0.294 e. The van der Waals surface area contributed by atoms with E-state index in [0.29, 0.717) is 0 Å². The van der Waals surface area contributed by atoms with Crippen LogP contribution in [-0.2, 0) is 0 Å². The van der Waals surface area contributed by atoms with Crippen LogP contribution in [0, 0.1) is 0 Å². The van der Waals surface area contributed by atoms with Crippen LogP contribution in [0.3, 0.4) is 0 Å². The highest BCUT2D eigenvalue weighted by atomic mass is 32.1. The summed E-state index contributed by atoms with van der Waals surface area (Å²) in [6.07, 6.45) is 1.44. The number of hydrogen-bond acceptors (Lipinski definition) is 4. The minimum absolute atomic E-state index is 0.204. The molecule has 0 aliphatic carbocycles. The highest BCUT2D eigenvalue weighted by molar-refractivity contribution is 7.17. The van der Waals surface area contributed by atoms with Crippen molar-refractivity contribution in [2.75, 3.05) is 5.32 Å². The second-order valence-electron chi connectivity index (χ2n) is 3.50. The Bertz CT molecular complexity index is 658. The fraction of sp³-hybridized carbons (Fsp3) is 0. The lowest BCUT2D eigenvalue weighted by atomic mass is 10.2. The molecule has 2 heterocycles. The van der Waals surface area contributed by atoms with Gasteiger partial charge in [0.25, 0.3) is 5.91 Å². The van der Waals surface area contributed by atoms with Crippen molar-refractivity contribution in [3.05, 3.63) is 47.7 Å². The molecule has 0 radical (unpaired) electrons. The first-order valence-electron chi connectivity index (χ1n) is 5.02. The van der Waals surface area contributed by atoms with Crippen molar-refractivity contribution in [3.8, 4) is 0 Å². The lowest BCUT2D eigenvalue weighted by molar-refractivity contribution is 0.0988. The van der Waals surface area contributed by atoms with Crippen LogP contribution in [0.4, 0.5) is 5.69 Å². The minimum Gasteiger partial charge on any atom is -0.351 e. The van der Waals surface area contributed by atoms with Gasteiger partial charge in [0.1, 0.15) is 0 Å². The molecule has 1 aromatic carbocycles. The monoisotopic (exact) mass is 244 g/mol. The van der Waals surface area contributed by atoms with E-state index in [0.717, 1.165) is 11.1 Å². The molecule has 3 rings (SSSR count). The van der Waals surface area contributed by atoms with Gasteiger partial charge in [0.2, 0.25) is 5.76 Å². The van der Waals surface area contributed by atoms with Crippen LogP contribution in [0.2, 0.25) is 0 Å². The number of carbonyl (C=O) groups is 1. The molecule has 5 heteroatoms. The quantitative estimate of drug-likeness (QED) is 0.753. The largest absolute Gasteiger partial charge is 0.351 e. The molecule has 0 aliphatic heterocycles. The van der Waals surface area contributed by atoms with E-state index in [1.54, 1.807) is 11.3 Å². The lowest BCUT2D eigenvalue weighted by Crippen LogP contribution is -2.10. The third kappa shape index (κ3) is 1.92. The van der Waals surface area contributed by atoms with Gasteiger partial charge in [-0.1, -0.05) is 5.16 Å². The van der Waals surface area contributed by atoms with Crippen molar-refractivity contribution in [2.24, 2.45) is 0 Å². The number of rotatable bonds is 2. The topological polar surface area (TPSA) is 55.1 Å². The SMILES string of the molecule is O=C(Nc1ccc2sccc2c1)c1ccno1. The van der Waals surface area contributed by atoms with Crippen molar-refractivity contribution < 1.29 is 9.32 Å². The number of aromatic nitrogens is 1. The highest BCUT2D eigenvalue weighted by Gasteiger charge is 2.09.